The minimum absolute atomic E-state index is 0.217. The van der Waals surface area contributed by atoms with Crippen molar-refractivity contribution in [2.24, 2.45) is 5.73 Å². The van der Waals surface area contributed by atoms with Crippen molar-refractivity contribution in [2.75, 3.05) is 6.61 Å². The molecule has 1 aromatic carbocycles. The molecule has 1 aromatic heterocycles. The third-order valence-electron chi connectivity index (χ3n) is 2.76. The number of ether oxygens (including phenoxy) is 1. The quantitative estimate of drug-likeness (QED) is 0.896. The molecule has 2 aromatic rings. The summed E-state index contributed by atoms with van der Waals surface area (Å²) in [5.74, 6) is 0.845. The van der Waals surface area contributed by atoms with Crippen LogP contribution in [0.15, 0.2) is 42.5 Å². The molecule has 0 radical (unpaired) electrons. The summed E-state index contributed by atoms with van der Waals surface area (Å²) in [7, 11) is 0. The Labute approximate surface area is 108 Å². The summed E-state index contributed by atoms with van der Waals surface area (Å²) in [4.78, 5) is 4.46. The Morgan fingerprint density at radius 1 is 1.22 bits per heavy atom. The van der Waals surface area contributed by atoms with Gasteiger partial charge in [0.05, 0.1) is 18.3 Å². The van der Waals surface area contributed by atoms with E-state index in [0.29, 0.717) is 6.61 Å². The first-order valence-corrected chi connectivity index (χ1v) is 6.12. The molecule has 0 saturated heterocycles. The molecule has 1 atom stereocenters. The minimum Gasteiger partial charge on any atom is -0.494 e. The number of pyridine rings is 1. The Balaban J connectivity index is 2.27. The standard InChI is InChI=1S/C15H18N2O/c1-3-18-13-8-5-7-12(10-13)15(16)14-9-4-6-11(2)17-14/h4-10,15H,3,16H2,1-2H3. The number of aromatic nitrogens is 1. The first-order valence-electron chi connectivity index (χ1n) is 6.12. The zero-order valence-corrected chi connectivity index (χ0v) is 10.8. The highest BCUT2D eigenvalue weighted by molar-refractivity contribution is 5.34. The third kappa shape index (κ3) is 2.87. The van der Waals surface area contributed by atoms with E-state index in [9.17, 15) is 0 Å². The van der Waals surface area contributed by atoms with Crippen LogP contribution in [-0.4, -0.2) is 11.6 Å². The van der Waals surface area contributed by atoms with Gasteiger partial charge < -0.3 is 10.5 Å². The lowest BCUT2D eigenvalue weighted by Gasteiger charge is -2.13. The number of nitrogens with zero attached hydrogens (tertiary/aromatic N) is 1. The number of nitrogens with two attached hydrogens (primary N) is 1. The van der Waals surface area contributed by atoms with E-state index in [1.165, 1.54) is 0 Å². The van der Waals surface area contributed by atoms with Crippen LogP contribution in [0.2, 0.25) is 0 Å². The van der Waals surface area contributed by atoms with Gasteiger partial charge in [-0.25, -0.2) is 0 Å². The predicted octanol–water partition coefficient (Wildman–Crippen LogP) is 2.84. The number of hydrogen-bond donors (Lipinski definition) is 1. The van der Waals surface area contributed by atoms with Crippen molar-refractivity contribution in [1.82, 2.24) is 4.98 Å². The fourth-order valence-electron chi connectivity index (χ4n) is 1.87. The summed E-state index contributed by atoms with van der Waals surface area (Å²) < 4.78 is 5.48. The molecule has 0 aliphatic heterocycles. The lowest BCUT2D eigenvalue weighted by Crippen LogP contribution is -2.14. The molecule has 18 heavy (non-hydrogen) atoms. The average Bonchev–Trinajstić information content (AvgIpc) is 2.39. The Hall–Kier alpha value is -1.87. The molecule has 94 valence electrons. The van der Waals surface area contributed by atoms with Gasteiger partial charge in [0.25, 0.3) is 0 Å². The zero-order chi connectivity index (χ0) is 13.0. The van der Waals surface area contributed by atoms with E-state index in [1.807, 2.05) is 56.3 Å². The molecule has 0 aliphatic carbocycles. The summed E-state index contributed by atoms with van der Waals surface area (Å²) >= 11 is 0. The SMILES string of the molecule is CCOc1cccc(C(N)c2cccc(C)n2)c1. The highest BCUT2D eigenvalue weighted by Crippen LogP contribution is 2.22. The van der Waals surface area contributed by atoms with Crippen LogP contribution in [0.4, 0.5) is 0 Å². The molecule has 0 amide bonds. The van der Waals surface area contributed by atoms with Crippen LogP contribution in [0, 0.1) is 6.92 Å². The van der Waals surface area contributed by atoms with E-state index >= 15 is 0 Å². The molecule has 0 aliphatic rings. The predicted molar refractivity (Wildman–Crippen MR) is 72.6 cm³/mol. The van der Waals surface area contributed by atoms with E-state index in [0.717, 1.165) is 22.7 Å². The van der Waals surface area contributed by atoms with Gasteiger partial charge in [-0.3, -0.25) is 4.98 Å². The Morgan fingerprint density at radius 3 is 2.72 bits per heavy atom. The zero-order valence-electron chi connectivity index (χ0n) is 10.8. The van der Waals surface area contributed by atoms with Gasteiger partial charge >= 0.3 is 0 Å². The number of aryl methyl sites for hydroxylation is 1. The molecule has 3 nitrogen and oxygen atoms in total. The Bertz CT molecular complexity index is 525. The average molecular weight is 242 g/mol. The molecule has 0 fully saturated rings. The molecular weight excluding hydrogens is 224 g/mol. The number of benzene rings is 1. The first-order chi connectivity index (χ1) is 8.70. The van der Waals surface area contributed by atoms with Crippen LogP contribution < -0.4 is 10.5 Å². The van der Waals surface area contributed by atoms with Gasteiger partial charge in [-0.2, -0.15) is 0 Å². The molecule has 3 heteroatoms. The Kier molecular flexibility index (Phi) is 3.95. The van der Waals surface area contributed by atoms with Crippen molar-refractivity contribution in [3.8, 4) is 5.75 Å². The molecule has 1 heterocycles. The largest absolute Gasteiger partial charge is 0.494 e. The van der Waals surface area contributed by atoms with E-state index < -0.39 is 0 Å². The van der Waals surface area contributed by atoms with Crippen molar-refractivity contribution < 1.29 is 4.74 Å². The monoisotopic (exact) mass is 242 g/mol. The van der Waals surface area contributed by atoms with Crippen molar-refractivity contribution in [3.63, 3.8) is 0 Å². The third-order valence-corrected chi connectivity index (χ3v) is 2.76. The molecule has 0 spiro atoms. The number of rotatable bonds is 4. The molecular formula is C15H18N2O. The fraction of sp³-hybridized carbons (Fsp3) is 0.267. The maximum atomic E-state index is 6.23. The second kappa shape index (κ2) is 5.65. The van der Waals surface area contributed by atoms with E-state index in [-0.39, 0.29) is 6.04 Å². The van der Waals surface area contributed by atoms with Gasteiger partial charge in [0, 0.05) is 5.69 Å². The Morgan fingerprint density at radius 2 is 2.00 bits per heavy atom. The summed E-state index contributed by atoms with van der Waals surface area (Å²) in [6, 6.07) is 13.5. The first kappa shape index (κ1) is 12.6. The summed E-state index contributed by atoms with van der Waals surface area (Å²) in [5, 5.41) is 0. The van der Waals surface area contributed by atoms with Crippen LogP contribution in [-0.2, 0) is 0 Å². The topological polar surface area (TPSA) is 48.1 Å². The second-order valence-corrected chi connectivity index (χ2v) is 4.19. The molecule has 0 saturated carbocycles. The van der Waals surface area contributed by atoms with Crippen LogP contribution in [0.3, 0.4) is 0 Å². The van der Waals surface area contributed by atoms with Crippen LogP contribution in [0.25, 0.3) is 0 Å². The van der Waals surface area contributed by atoms with Crippen molar-refractivity contribution in [2.45, 2.75) is 19.9 Å². The summed E-state index contributed by atoms with van der Waals surface area (Å²) in [5.41, 5.74) is 9.10. The molecule has 2 N–H and O–H groups in total. The van der Waals surface area contributed by atoms with E-state index in [4.69, 9.17) is 10.5 Å². The van der Waals surface area contributed by atoms with Crippen molar-refractivity contribution in [3.05, 3.63) is 59.4 Å². The maximum absolute atomic E-state index is 6.23. The van der Waals surface area contributed by atoms with Crippen molar-refractivity contribution >= 4 is 0 Å². The van der Waals surface area contributed by atoms with Gasteiger partial charge in [-0.15, -0.1) is 0 Å². The van der Waals surface area contributed by atoms with Gasteiger partial charge in [0.1, 0.15) is 5.75 Å². The lowest BCUT2D eigenvalue weighted by molar-refractivity contribution is 0.340. The molecule has 2 rings (SSSR count). The van der Waals surface area contributed by atoms with Crippen LogP contribution >= 0.6 is 0 Å². The lowest BCUT2D eigenvalue weighted by atomic mass is 10.0. The van der Waals surface area contributed by atoms with Crippen molar-refractivity contribution in [1.29, 1.82) is 0 Å². The van der Waals surface area contributed by atoms with Crippen LogP contribution in [0.5, 0.6) is 5.75 Å². The van der Waals surface area contributed by atoms with E-state index in [1.54, 1.807) is 0 Å². The highest BCUT2D eigenvalue weighted by Gasteiger charge is 2.11. The van der Waals surface area contributed by atoms with Gasteiger partial charge in [0.2, 0.25) is 0 Å². The molecule has 0 bridgehead atoms. The van der Waals surface area contributed by atoms with Crippen LogP contribution in [0.1, 0.15) is 29.9 Å². The minimum atomic E-state index is -0.217. The van der Waals surface area contributed by atoms with E-state index in [2.05, 4.69) is 4.98 Å². The molecule has 1 unspecified atom stereocenters. The normalized spacial score (nSPS) is 12.2. The highest BCUT2D eigenvalue weighted by atomic mass is 16.5. The smallest absolute Gasteiger partial charge is 0.119 e. The van der Waals surface area contributed by atoms with Gasteiger partial charge in [0.15, 0.2) is 0 Å². The summed E-state index contributed by atoms with van der Waals surface area (Å²) in [6.07, 6.45) is 0. The fourth-order valence-corrected chi connectivity index (χ4v) is 1.87. The number of hydrogen-bond acceptors (Lipinski definition) is 3. The summed E-state index contributed by atoms with van der Waals surface area (Å²) in [6.45, 7) is 4.59. The van der Waals surface area contributed by atoms with Gasteiger partial charge in [-0.05, 0) is 43.7 Å². The second-order valence-electron chi connectivity index (χ2n) is 4.19. The van der Waals surface area contributed by atoms with Gasteiger partial charge in [-0.1, -0.05) is 18.2 Å². The maximum Gasteiger partial charge on any atom is 0.119 e.